The summed E-state index contributed by atoms with van der Waals surface area (Å²) in [4.78, 5) is 18.5. The van der Waals surface area contributed by atoms with Crippen molar-refractivity contribution in [1.82, 2.24) is 15.5 Å². The number of halogens is 1. The number of hydrogen-bond donors (Lipinski definition) is 3. The van der Waals surface area contributed by atoms with Gasteiger partial charge in [-0.15, -0.1) is 24.0 Å². The molecule has 1 aliphatic heterocycles. The molecule has 0 radical (unpaired) electrons. The van der Waals surface area contributed by atoms with Crippen LogP contribution in [0.25, 0.3) is 0 Å². The topological polar surface area (TPSA) is 87.2 Å². The van der Waals surface area contributed by atoms with Crippen LogP contribution in [0.3, 0.4) is 0 Å². The molecule has 33 heavy (non-hydrogen) atoms. The van der Waals surface area contributed by atoms with Crippen molar-refractivity contribution >= 4 is 41.7 Å². The lowest BCUT2D eigenvalue weighted by Gasteiger charge is -2.17. The van der Waals surface area contributed by atoms with E-state index in [-0.39, 0.29) is 30.0 Å². The van der Waals surface area contributed by atoms with E-state index < -0.39 is 0 Å². The van der Waals surface area contributed by atoms with Crippen LogP contribution in [0.15, 0.2) is 47.5 Å². The Balaban J connectivity index is 0.00000385. The number of nitrogens with zero attached hydrogens (tertiary/aromatic N) is 2. The third kappa shape index (κ3) is 7.99. The number of aliphatic imine (C=N–C) groups is 1. The van der Waals surface area contributed by atoms with E-state index in [9.17, 15) is 4.79 Å². The van der Waals surface area contributed by atoms with Crippen LogP contribution in [0.2, 0.25) is 0 Å². The van der Waals surface area contributed by atoms with E-state index >= 15 is 0 Å². The Morgan fingerprint density at radius 3 is 2.45 bits per heavy atom. The number of hydrogen-bond acceptors (Lipinski definition) is 4. The highest BCUT2D eigenvalue weighted by molar-refractivity contribution is 14.0. The van der Waals surface area contributed by atoms with Gasteiger partial charge in [0.2, 0.25) is 0 Å². The zero-order chi connectivity index (χ0) is 22.8. The third-order valence-corrected chi connectivity index (χ3v) is 5.41. The molecule has 180 valence electrons. The lowest BCUT2D eigenvalue weighted by atomic mass is 10.1. The summed E-state index contributed by atoms with van der Waals surface area (Å²) in [7, 11) is 5.02. The number of rotatable bonds is 8. The van der Waals surface area contributed by atoms with Crippen LogP contribution in [0.4, 0.5) is 10.5 Å². The fourth-order valence-corrected chi connectivity index (χ4v) is 3.65. The first kappa shape index (κ1) is 26.6. The Kier molecular flexibility index (Phi) is 11.1. The van der Waals surface area contributed by atoms with Crippen molar-refractivity contribution in [2.75, 3.05) is 46.2 Å². The van der Waals surface area contributed by atoms with Crippen LogP contribution in [0.5, 0.6) is 11.5 Å². The summed E-state index contributed by atoms with van der Waals surface area (Å²) in [6, 6.07) is 13.8. The number of anilines is 1. The zero-order valence-corrected chi connectivity index (χ0v) is 21.8. The maximum atomic E-state index is 12.3. The molecule has 9 heteroatoms. The van der Waals surface area contributed by atoms with Crippen molar-refractivity contribution in [3.8, 4) is 11.5 Å². The number of ether oxygens (including phenoxy) is 2. The molecule has 3 N–H and O–H groups in total. The molecule has 1 aliphatic rings. The first-order chi connectivity index (χ1) is 15.6. The van der Waals surface area contributed by atoms with Crippen molar-refractivity contribution in [2.24, 2.45) is 4.99 Å². The highest BCUT2D eigenvalue weighted by Gasteiger charge is 2.17. The standard InChI is InChI=1S/C24H33N5O3.HI/c1-25-23(26-12-11-18-9-10-21(31-2)22(16-18)32-3)27-17-19-7-6-8-20(15-19)28-24(30)29-13-4-5-14-29;/h6-10,15-16H,4-5,11-14,17H2,1-3H3,(H,28,30)(H2,25,26,27);1H. The summed E-state index contributed by atoms with van der Waals surface area (Å²) in [6.07, 6.45) is 2.98. The van der Waals surface area contributed by atoms with Gasteiger partial charge in [0.05, 0.1) is 14.2 Å². The minimum Gasteiger partial charge on any atom is -0.493 e. The third-order valence-electron chi connectivity index (χ3n) is 5.41. The fourth-order valence-electron chi connectivity index (χ4n) is 3.65. The smallest absolute Gasteiger partial charge is 0.321 e. The van der Waals surface area contributed by atoms with E-state index in [0.29, 0.717) is 6.54 Å². The molecule has 0 unspecified atom stereocenters. The van der Waals surface area contributed by atoms with Gasteiger partial charge in [0.1, 0.15) is 0 Å². The Labute approximate surface area is 213 Å². The van der Waals surface area contributed by atoms with Crippen LogP contribution in [0.1, 0.15) is 24.0 Å². The van der Waals surface area contributed by atoms with Gasteiger partial charge in [-0.2, -0.15) is 0 Å². The normalized spacial score (nSPS) is 13.2. The van der Waals surface area contributed by atoms with Crippen LogP contribution in [0, 0.1) is 0 Å². The van der Waals surface area contributed by atoms with Crippen molar-refractivity contribution in [3.05, 3.63) is 53.6 Å². The number of guanidine groups is 1. The first-order valence-electron chi connectivity index (χ1n) is 10.9. The minimum absolute atomic E-state index is 0. The van der Waals surface area contributed by atoms with Crippen LogP contribution >= 0.6 is 24.0 Å². The molecule has 8 nitrogen and oxygen atoms in total. The van der Waals surface area contributed by atoms with E-state index in [2.05, 4.69) is 20.9 Å². The molecule has 2 amide bonds. The Morgan fingerprint density at radius 1 is 1.00 bits per heavy atom. The molecule has 1 fully saturated rings. The SMILES string of the molecule is CN=C(NCCc1ccc(OC)c(OC)c1)NCc1cccc(NC(=O)N2CCCC2)c1.I. The molecule has 0 aliphatic carbocycles. The summed E-state index contributed by atoms with van der Waals surface area (Å²) in [5.74, 6) is 2.17. The van der Waals surface area contributed by atoms with Crippen molar-refractivity contribution in [2.45, 2.75) is 25.8 Å². The summed E-state index contributed by atoms with van der Waals surface area (Å²) in [5, 5.41) is 9.64. The van der Waals surface area contributed by atoms with Crippen molar-refractivity contribution in [1.29, 1.82) is 0 Å². The number of amides is 2. The lowest BCUT2D eigenvalue weighted by molar-refractivity contribution is 0.222. The molecule has 1 heterocycles. The Morgan fingerprint density at radius 2 is 1.76 bits per heavy atom. The van der Waals surface area contributed by atoms with E-state index in [1.54, 1.807) is 21.3 Å². The molecule has 0 aromatic heterocycles. The number of methoxy groups -OCH3 is 2. The predicted octanol–water partition coefficient (Wildman–Crippen LogP) is 3.86. The summed E-state index contributed by atoms with van der Waals surface area (Å²) < 4.78 is 10.7. The van der Waals surface area contributed by atoms with Gasteiger partial charge in [-0.3, -0.25) is 4.99 Å². The number of nitrogens with one attached hydrogen (secondary N) is 3. The molecular formula is C24H34IN5O3. The van der Waals surface area contributed by atoms with Gasteiger partial charge in [0.25, 0.3) is 0 Å². The highest BCUT2D eigenvalue weighted by atomic mass is 127. The fraction of sp³-hybridized carbons (Fsp3) is 0.417. The minimum atomic E-state index is -0.0275. The maximum absolute atomic E-state index is 12.3. The van der Waals surface area contributed by atoms with E-state index in [1.807, 2.05) is 47.4 Å². The molecule has 0 spiro atoms. The van der Waals surface area contributed by atoms with Crippen LogP contribution in [-0.4, -0.2) is 57.8 Å². The highest BCUT2D eigenvalue weighted by Crippen LogP contribution is 2.27. The Bertz CT molecular complexity index is 932. The van der Waals surface area contributed by atoms with Crippen molar-refractivity contribution in [3.63, 3.8) is 0 Å². The number of urea groups is 1. The second kappa shape index (κ2) is 13.8. The Hall–Kier alpha value is -2.69. The molecule has 1 saturated heterocycles. The molecule has 2 aromatic rings. The first-order valence-corrected chi connectivity index (χ1v) is 10.9. The van der Waals surface area contributed by atoms with Gasteiger partial charge < -0.3 is 30.3 Å². The van der Waals surface area contributed by atoms with Crippen LogP contribution in [-0.2, 0) is 13.0 Å². The quantitative estimate of drug-likeness (QED) is 0.256. The average Bonchev–Trinajstić information content (AvgIpc) is 3.36. The lowest BCUT2D eigenvalue weighted by Crippen LogP contribution is -2.37. The molecule has 0 atom stereocenters. The van der Waals surface area contributed by atoms with Gasteiger partial charge >= 0.3 is 6.03 Å². The second-order valence-corrected chi connectivity index (χ2v) is 7.62. The number of likely N-dealkylation sites (tertiary alicyclic amines) is 1. The largest absolute Gasteiger partial charge is 0.493 e. The van der Waals surface area contributed by atoms with Gasteiger partial charge in [0.15, 0.2) is 17.5 Å². The predicted molar refractivity (Wildman–Crippen MR) is 143 cm³/mol. The van der Waals surface area contributed by atoms with E-state index in [4.69, 9.17) is 9.47 Å². The van der Waals surface area contributed by atoms with Gasteiger partial charge in [-0.25, -0.2) is 4.79 Å². The molecule has 0 bridgehead atoms. The number of benzene rings is 2. The summed E-state index contributed by atoms with van der Waals surface area (Å²) in [6.45, 7) is 2.99. The molecular weight excluding hydrogens is 533 g/mol. The molecule has 3 rings (SSSR count). The van der Waals surface area contributed by atoms with E-state index in [1.165, 1.54) is 0 Å². The van der Waals surface area contributed by atoms with Gasteiger partial charge in [-0.05, 0) is 54.7 Å². The van der Waals surface area contributed by atoms with Gasteiger partial charge in [0, 0.05) is 38.9 Å². The zero-order valence-electron chi connectivity index (χ0n) is 19.5. The van der Waals surface area contributed by atoms with E-state index in [0.717, 1.165) is 73.2 Å². The second-order valence-electron chi connectivity index (χ2n) is 7.62. The maximum Gasteiger partial charge on any atom is 0.321 e. The van der Waals surface area contributed by atoms with Crippen LogP contribution < -0.4 is 25.4 Å². The van der Waals surface area contributed by atoms with Crippen molar-refractivity contribution < 1.29 is 14.3 Å². The molecule has 0 saturated carbocycles. The summed E-state index contributed by atoms with van der Waals surface area (Å²) in [5.41, 5.74) is 3.01. The molecule has 2 aromatic carbocycles. The average molecular weight is 567 g/mol. The monoisotopic (exact) mass is 567 g/mol. The number of carbonyl (C=O) groups is 1. The summed E-state index contributed by atoms with van der Waals surface area (Å²) >= 11 is 0. The van der Waals surface area contributed by atoms with Gasteiger partial charge in [-0.1, -0.05) is 18.2 Å². The number of carbonyl (C=O) groups excluding carboxylic acids is 1.